The molecule has 2 heterocycles. The number of esters is 1. The van der Waals surface area contributed by atoms with Crippen LogP contribution >= 0.6 is 0 Å². The van der Waals surface area contributed by atoms with Crippen LogP contribution < -0.4 is 15.0 Å². The second-order valence-corrected chi connectivity index (χ2v) is 8.61. The van der Waals surface area contributed by atoms with Crippen molar-refractivity contribution in [1.82, 2.24) is 14.9 Å². The predicted octanol–water partition coefficient (Wildman–Crippen LogP) is 5.05. The van der Waals surface area contributed by atoms with Gasteiger partial charge in [0.2, 0.25) is 0 Å². The van der Waals surface area contributed by atoms with E-state index in [0.717, 1.165) is 49.3 Å². The van der Waals surface area contributed by atoms with Crippen LogP contribution in [0.25, 0.3) is 11.4 Å². The number of fused-ring (bicyclic) bond motifs is 1. The summed E-state index contributed by atoms with van der Waals surface area (Å²) in [5.74, 6) is 0.770. The number of nitrogens with zero attached hydrogens (tertiary/aromatic N) is 3. The van der Waals surface area contributed by atoms with Crippen molar-refractivity contribution in [3.05, 3.63) is 66.0 Å². The largest absolute Gasteiger partial charge is 0.422 e. The van der Waals surface area contributed by atoms with Gasteiger partial charge in [-0.05, 0) is 57.4 Å². The lowest BCUT2D eigenvalue weighted by Gasteiger charge is -2.20. The van der Waals surface area contributed by atoms with Crippen molar-refractivity contribution in [3.63, 3.8) is 0 Å². The van der Waals surface area contributed by atoms with Crippen LogP contribution in [0.2, 0.25) is 0 Å². The van der Waals surface area contributed by atoms with Gasteiger partial charge in [0, 0.05) is 30.9 Å². The van der Waals surface area contributed by atoms with Gasteiger partial charge in [-0.2, -0.15) is 0 Å². The average molecular weight is 447 g/mol. The number of hydrogen-bond acceptors (Lipinski definition) is 4. The topological polar surface area (TPSA) is 76.5 Å². The van der Waals surface area contributed by atoms with Crippen LogP contribution in [0, 0.1) is 0 Å². The number of nitrogens with one attached hydrogen (secondary N) is 1. The van der Waals surface area contributed by atoms with Crippen molar-refractivity contribution in [3.8, 4) is 17.1 Å². The van der Waals surface area contributed by atoms with Gasteiger partial charge in [0.05, 0.1) is 5.69 Å². The van der Waals surface area contributed by atoms with E-state index in [1.54, 1.807) is 31.3 Å². The molecule has 0 spiro atoms. The van der Waals surface area contributed by atoms with Crippen molar-refractivity contribution >= 4 is 17.7 Å². The van der Waals surface area contributed by atoms with Crippen molar-refractivity contribution in [2.75, 3.05) is 11.9 Å². The Bertz CT molecular complexity index is 1120. The van der Waals surface area contributed by atoms with E-state index in [-0.39, 0.29) is 12.1 Å². The molecule has 0 saturated heterocycles. The van der Waals surface area contributed by atoms with Crippen LogP contribution in [0.1, 0.15) is 49.3 Å². The monoisotopic (exact) mass is 446 g/mol. The Morgan fingerprint density at radius 3 is 2.45 bits per heavy atom. The molecule has 3 aromatic rings. The highest BCUT2D eigenvalue weighted by molar-refractivity contribution is 5.92. The Morgan fingerprint density at radius 1 is 1.03 bits per heavy atom. The first-order chi connectivity index (χ1) is 15.9. The standard InChI is InChI=1S/C26H30N4O3/c1-18(2)27-26(32)29(3)20-13-15-21(16-14-20)33-25(31)23-22-12-8-5-9-17-30(22)24(28-23)19-10-6-4-7-11-19/h4,6-7,10-11,13-16,18H,5,8-9,12,17H2,1-3H3,(H,27,32). The molecule has 33 heavy (non-hydrogen) atoms. The van der Waals surface area contributed by atoms with Crippen molar-refractivity contribution in [2.24, 2.45) is 0 Å². The highest BCUT2D eigenvalue weighted by Gasteiger charge is 2.25. The van der Waals surface area contributed by atoms with Crippen molar-refractivity contribution in [1.29, 1.82) is 0 Å². The molecule has 0 bridgehead atoms. The summed E-state index contributed by atoms with van der Waals surface area (Å²) in [5.41, 5.74) is 3.02. The van der Waals surface area contributed by atoms with E-state index in [2.05, 4.69) is 9.88 Å². The Balaban J connectivity index is 1.55. The maximum atomic E-state index is 13.1. The zero-order valence-electron chi connectivity index (χ0n) is 19.4. The third kappa shape index (κ3) is 5.08. The number of hydrogen-bond donors (Lipinski definition) is 1. The van der Waals surface area contributed by atoms with E-state index in [1.165, 1.54) is 4.90 Å². The minimum Gasteiger partial charge on any atom is -0.422 e. The summed E-state index contributed by atoms with van der Waals surface area (Å²) in [5, 5.41) is 2.85. The van der Waals surface area contributed by atoms with E-state index in [9.17, 15) is 9.59 Å². The Morgan fingerprint density at radius 2 is 1.76 bits per heavy atom. The van der Waals surface area contributed by atoms with Gasteiger partial charge in [-0.25, -0.2) is 14.6 Å². The van der Waals surface area contributed by atoms with Crippen LogP contribution in [-0.4, -0.2) is 34.6 Å². The van der Waals surface area contributed by atoms with E-state index in [4.69, 9.17) is 9.72 Å². The lowest BCUT2D eigenvalue weighted by Crippen LogP contribution is -2.40. The van der Waals surface area contributed by atoms with E-state index >= 15 is 0 Å². The molecule has 7 nitrogen and oxygen atoms in total. The number of anilines is 1. The van der Waals surface area contributed by atoms with Gasteiger partial charge in [0.15, 0.2) is 5.69 Å². The maximum Gasteiger partial charge on any atom is 0.364 e. The summed E-state index contributed by atoms with van der Waals surface area (Å²) in [4.78, 5) is 31.6. The molecule has 2 amide bonds. The SMILES string of the molecule is CC(C)NC(=O)N(C)c1ccc(OC(=O)c2nc(-c3ccccc3)n3c2CCCCC3)cc1. The molecule has 1 aliphatic rings. The lowest BCUT2D eigenvalue weighted by atomic mass is 10.1. The highest BCUT2D eigenvalue weighted by atomic mass is 16.5. The van der Waals surface area contributed by atoms with E-state index in [0.29, 0.717) is 17.1 Å². The lowest BCUT2D eigenvalue weighted by molar-refractivity contribution is 0.0727. The number of urea groups is 1. The summed E-state index contributed by atoms with van der Waals surface area (Å²) >= 11 is 0. The smallest absolute Gasteiger partial charge is 0.364 e. The fourth-order valence-electron chi connectivity index (χ4n) is 4.05. The fourth-order valence-corrected chi connectivity index (χ4v) is 4.05. The number of carbonyl (C=O) groups is 2. The first kappa shape index (κ1) is 22.6. The maximum absolute atomic E-state index is 13.1. The van der Waals surface area contributed by atoms with Gasteiger partial charge in [0.25, 0.3) is 0 Å². The summed E-state index contributed by atoms with van der Waals surface area (Å²) in [7, 11) is 1.70. The predicted molar refractivity (Wildman–Crippen MR) is 129 cm³/mol. The number of ether oxygens (including phenoxy) is 1. The molecule has 172 valence electrons. The fraction of sp³-hybridized carbons (Fsp3) is 0.346. The molecule has 0 atom stereocenters. The van der Waals surface area contributed by atoms with Crippen LogP contribution in [0.5, 0.6) is 5.75 Å². The van der Waals surface area contributed by atoms with Crippen LogP contribution in [0.15, 0.2) is 54.6 Å². The first-order valence-electron chi connectivity index (χ1n) is 11.5. The van der Waals surface area contributed by atoms with E-state index < -0.39 is 5.97 Å². The minimum atomic E-state index is -0.457. The number of aromatic nitrogens is 2. The van der Waals surface area contributed by atoms with Gasteiger partial charge in [-0.3, -0.25) is 4.90 Å². The first-order valence-corrected chi connectivity index (χ1v) is 11.5. The number of imidazole rings is 1. The van der Waals surface area contributed by atoms with Crippen molar-refractivity contribution in [2.45, 2.75) is 52.1 Å². The molecule has 0 fully saturated rings. The summed E-state index contributed by atoms with van der Waals surface area (Å²) in [6, 6.07) is 16.7. The number of benzene rings is 2. The normalized spacial score (nSPS) is 13.2. The molecule has 0 unspecified atom stereocenters. The molecule has 0 radical (unpaired) electrons. The zero-order chi connectivity index (χ0) is 23.4. The highest BCUT2D eigenvalue weighted by Crippen LogP contribution is 2.28. The van der Waals surface area contributed by atoms with Crippen LogP contribution in [0.3, 0.4) is 0 Å². The Hall–Kier alpha value is -3.61. The number of rotatable bonds is 5. The molecule has 0 aliphatic carbocycles. The third-order valence-corrected chi connectivity index (χ3v) is 5.74. The molecule has 2 aromatic carbocycles. The second kappa shape index (κ2) is 9.90. The summed E-state index contributed by atoms with van der Waals surface area (Å²) < 4.78 is 7.85. The molecular formula is C26H30N4O3. The summed E-state index contributed by atoms with van der Waals surface area (Å²) in [6.45, 7) is 4.67. The second-order valence-electron chi connectivity index (χ2n) is 8.61. The van der Waals surface area contributed by atoms with Gasteiger partial charge < -0.3 is 14.6 Å². The van der Waals surface area contributed by atoms with Crippen LogP contribution in [0.4, 0.5) is 10.5 Å². The molecule has 7 heteroatoms. The Kier molecular flexibility index (Phi) is 6.77. The average Bonchev–Trinajstić information content (AvgIpc) is 3.00. The molecule has 1 N–H and O–H groups in total. The molecular weight excluding hydrogens is 416 g/mol. The molecule has 1 aromatic heterocycles. The zero-order valence-corrected chi connectivity index (χ0v) is 19.4. The van der Waals surface area contributed by atoms with Crippen molar-refractivity contribution < 1.29 is 14.3 Å². The number of amides is 2. The van der Waals surface area contributed by atoms with Gasteiger partial charge in [0.1, 0.15) is 11.6 Å². The molecule has 1 aliphatic heterocycles. The Labute approximate surface area is 194 Å². The van der Waals surface area contributed by atoms with E-state index in [1.807, 2.05) is 44.2 Å². The molecule has 4 rings (SSSR count). The van der Waals surface area contributed by atoms with Gasteiger partial charge in [-0.15, -0.1) is 0 Å². The minimum absolute atomic E-state index is 0.0472. The molecule has 0 saturated carbocycles. The van der Waals surface area contributed by atoms with Gasteiger partial charge >= 0.3 is 12.0 Å². The van der Waals surface area contributed by atoms with Crippen LogP contribution in [-0.2, 0) is 13.0 Å². The third-order valence-electron chi connectivity index (χ3n) is 5.74. The summed E-state index contributed by atoms with van der Waals surface area (Å²) in [6.07, 6.45) is 4.03. The number of carbonyl (C=O) groups excluding carboxylic acids is 2. The quantitative estimate of drug-likeness (QED) is 0.440. The van der Waals surface area contributed by atoms with Gasteiger partial charge in [-0.1, -0.05) is 36.8 Å².